The lowest BCUT2D eigenvalue weighted by Gasteiger charge is -2.37. The van der Waals surface area contributed by atoms with Crippen LogP contribution in [0.3, 0.4) is 0 Å². The van der Waals surface area contributed by atoms with E-state index in [-0.39, 0.29) is 23.9 Å². The minimum Gasteiger partial charge on any atom is -0.480 e. The zero-order chi connectivity index (χ0) is 10.9. The second-order valence-electron chi connectivity index (χ2n) is 4.63. The van der Waals surface area contributed by atoms with Gasteiger partial charge in [0.2, 0.25) is 5.91 Å². The Kier molecular flexibility index (Phi) is 2.80. The van der Waals surface area contributed by atoms with Crippen LogP contribution in [0.5, 0.6) is 0 Å². The van der Waals surface area contributed by atoms with E-state index in [1.165, 1.54) is 0 Å². The first-order valence-corrected chi connectivity index (χ1v) is 4.59. The van der Waals surface area contributed by atoms with Gasteiger partial charge in [0, 0.05) is 0 Å². The van der Waals surface area contributed by atoms with Crippen LogP contribution in [0.1, 0.15) is 27.2 Å². The number of amides is 1. The molecule has 0 aromatic carbocycles. The van der Waals surface area contributed by atoms with Crippen LogP contribution in [0, 0.1) is 5.41 Å². The second kappa shape index (κ2) is 3.57. The van der Waals surface area contributed by atoms with E-state index in [4.69, 9.17) is 5.11 Å². The number of aliphatic carboxylic acids is 1. The molecule has 1 amide bonds. The standard InChI is InChI=1S/C9H16N2O3/c1-9(2,3)8-10-5(7(13)14)4-6(12)11-8/h5,8,10H,4H2,1-3H3,(H,11,12)(H,13,14). The topological polar surface area (TPSA) is 78.4 Å². The number of hydrogen-bond acceptors (Lipinski definition) is 3. The molecule has 0 saturated carbocycles. The summed E-state index contributed by atoms with van der Waals surface area (Å²) in [5.74, 6) is -1.19. The molecular weight excluding hydrogens is 184 g/mol. The van der Waals surface area contributed by atoms with Crippen molar-refractivity contribution in [3.63, 3.8) is 0 Å². The summed E-state index contributed by atoms with van der Waals surface area (Å²) < 4.78 is 0. The van der Waals surface area contributed by atoms with Crippen LogP contribution in [0.2, 0.25) is 0 Å². The molecule has 1 rings (SSSR count). The number of carbonyl (C=O) groups excluding carboxylic acids is 1. The lowest BCUT2D eigenvalue weighted by Crippen LogP contribution is -2.63. The summed E-state index contributed by atoms with van der Waals surface area (Å²) in [5, 5.41) is 14.4. The van der Waals surface area contributed by atoms with Crippen molar-refractivity contribution in [2.24, 2.45) is 5.41 Å². The van der Waals surface area contributed by atoms with Gasteiger partial charge in [0.1, 0.15) is 6.04 Å². The fraction of sp³-hybridized carbons (Fsp3) is 0.778. The van der Waals surface area contributed by atoms with Crippen molar-refractivity contribution in [3.05, 3.63) is 0 Å². The Balaban J connectivity index is 2.73. The van der Waals surface area contributed by atoms with Crippen LogP contribution in [0.15, 0.2) is 0 Å². The number of hydrogen-bond donors (Lipinski definition) is 3. The van der Waals surface area contributed by atoms with E-state index in [0.717, 1.165) is 0 Å². The number of nitrogens with one attached hydrogen (secondary N) is 2. The van der Waals surface area contributed by atoms with E-state index in [1.807, 2.05) is 20.8 Å². The van der Waals surface area contributed by atoms with E-state index in [0.29, 0.717) is 0 Å². The Morgan fingerprint density at radius 2 is 2.07 bits per heavy atom. The molecule has 14 heavy (non-hydrogen) atoms. The Hall–Kier alpha value is -1.10. The minimum absolute atomic E-state index is 0.00190. The first-order chi connectivity index (χ1) is 6.30. The average Bonchev–Trinajstić information content (AvgIpc) is 2.01. The minimum atomic E-state index is -0.978. The van der Waals surface area contributed by atoms with Gasteiger partial charge < -0.3 is 10.4 Å². The van der Waals surface area contributed by atoms with Crippen LogP contribution < -0.4 is 10.6 Å². The molecule has 0 radical (unpaired) electrons. The Bertz CT molecular complexity index is 257. The Morgan fingerprint density at radius 3 is 2.50 bits per heavy atom. The lowest BCUT2D eigenvalue weighted by atomic mass is 9.90. The third kappa shape index (κ3) is 2.45. The van der Waals surface area contributed by atoms with Crippen molar-refractivity contribution < 1.29 is 14.7 Å². The van der Waals surface area contributed by atoms with Crippen molar-refractivity contribution in [2.75, 3.05) is 0 Å². The highest BCUT2D eigenvalue weighted by molar-refractivity contribution is 5.85. The highest BCUT2D eigenvalue weighted by Gasteiger charge is 2.36. The number of carbonyl (C=O) groups is 2. The van der Waals surface area contributed by atoms with Crippen LogP contribution in [0.4, 0.5) is 0 Å². The first-order valence-electron chi connectivity index (χ1n) is 4.59. The van der Waals surface area contributed by atoms with Crippen LogP contribution in [-0.4, -0.2) is 29.2 Å². The van der Waals surface area contributed by atoms with Gasteiger partial charge in [0.15, 0.2) is 0 Å². The molecule has 0 bridgehead atoms. The molecule has 0 aromatic heterocycles. The highest BCUT2D eigenvalue weighted by Crippen LogP contribution is 2.20. The van der Waals surface area contributed by atoms with Gasteiger partial charge in [-0.2, -0.15) is 0 Å². The van der Waals surface area contributed by atoms with Gasteiger partial charge in [-0.1, -0.05) is 20.8 Å². The summed E-state index contributed by atoms with van der Waals surface area (Å²) in [4.78, 5) is 22.0. The third-order valence-corrected chi connectivity index (χ3v) is 2.23. The normalized spacial score (nSPS) is 28.4. The maximum absolute atomic E-state index is 11.2. The maximum Gasteiger partial charge on any atom is 0.321 e. The molecule has 1 saturated heterocycles. The van der Waals surface area contributed by atoms with Gasteiger partial charge in [-0.3, -0.25) is 14.9 Å². The number of rotatable bonds is 1. The third-order valence-electron chi connectivity index (χ3n) is 2.23. The maximum atomic E-state index is 11.2. The van der Waals surface area contributed by atoms with Crippen molar-refractivity contribution >= 4 is 11.9 Å². The molecule has 0 aliphatic carbocycles. The van der Waals surface area contributed by atoms with Crippen LogP contribution in [-0.2, 0) is 9.59 Å². The molecule has 2 unspecified atom stereocenters. The van der Waals surface area contributed by atoms with Crippen molar-refractivity contribution in [1.29, 1.82) is 0 Å². The Morgan fingerprint density at radius 1 is 1.50 bits per heavy atom. The van der Waals surface area contributed by atoms with E-state index in [1.54, 1.807) is 0 Å². The van der Waals surface area contributed by atoms with Gasteiger partial charge in [-0.25, -0.2) is 0 Å². The fourth-order valence-electron chi connectivity index (χ4n) is 1.33. The highest BCUT2D eigenvalue weighted by atomic mass is 16.4. The molecule has 3 N–H and O–H groups in total. The predicted octanol–water partition coefficient (Wildman–Crippen LogP) is -0.0787. The van der Waals surface area contributed by atoms with E-state index < -0.39 is 12.0 Å². The summed E-state index contributed by atoms with van der Waals surface area (Å²) >= 11 is 0. The van der Waals surface area contributed by atoms with Gasteiger partial charge in [-0.15, -0.1) is 0 Å². The molecule has 0 aromatic rings. The largest absolute Gasteiger partial charge is 0.480 e. The zero-order valence-corrected chi connectivity index (χ0v) is 8.63. The van der Waals surface area contributed by atoms with E-state index in [2.05, 4.69) is 10.6 Å². The lowest BCUT2D eigenvalue weighted by molar-refractivity contribution is -0.144. The molecule has 2 atom stereocenters. The van der Waals surface area contributed by atoms with E-state index >= 15 is 0 Å². The molecule has 0 spiro atoms. The van der Waals surface area contributed by atoms with Crippen LogP contribution in [0.25, 0.3) is 0 Å². The molecule has 1 aliphatic rings. The molecule has 80 valence electrons. The van der Waals surface area contributed by atoms with Gasteiger partial charge in [0.05, 0.1) is 12.6 Å². The summed E-state index contributed by atoms with van der Waals surface area (Å²) in [6.45, 7) is 5.82. The van der Waals surface area contributed by atoms with Crippen LogP contribution >= 0.6 is 0 Å². The van der Waals surface area contributed by atoms with E-state index in [9.17, 15) is 9.59 Å². The molecule has 1 heterocycles. The molecule has 5 heteroatoms. The number of carboxylic acids is 1. The average molecular weight is 200 g/mol. The monoisotopic (exact) mass is 200 g/mol. The predicted molar refractivity (Wildman–Crippen MR) is 50.6 cm³/mol. The molecular formula is C9H16N2O3. The first kappa shape index (κ1) is 11.0. The van der Waals surface area contributed by atoms with Crippen molar-refractivity contribution in [2.45, 2.75) is 39.4 Å². The molecule has 5 nitrogen and oxygen atoms in total. The summed E-state index contributed by atoms with van der Waals surface area (Å²) in [5.41, 5.74) is -0.191. The zero-order valence-electron chi connectivity index (χ0n) is 8.63. The van der Waals surface area contributed by atoms with Crippen molar-refractivity contribution in [3.8, 4) is 0 Å². The summed E-state index contributed by atoms with van der Waals surface area (Å²) in [7, 11) is 0. The summed E-state index contributed by atoms with van der Waals surface area (Å²) in [6, 6.07) is -0.770. The fourth-order valence-corrected chi connectivity index (χ4v) is 1.33. The number of carboxylic acid groups (broad SMARTS) is 1. The SMILES string of the molecule is CC(C)(C)C1NC(=O)CC(C(=O)O)N1. The van der Waals surface area contributed by atoms with Gasteiger partial charge >= 0.3 is 5.97 Å². The van der Waals surface area contributed by atoms with Crippen molar-refractivity contribution in [1.82, 2.24) is 10.6 Å². The quantitative estimate of drug-likeness (QED) is 0.553. The Labute approximate surface area is 82.9 Å². The van der Waals surface area contributed by atoms with Gasteiger partial charge in [-0.05, 0) is 5.41 Å². The molecule has 1 aliphatic heterocycles. The van der Waals surface area contributed by atoms with Gasteiger partial charge in [0.25, 0.3) is 0 Å². The second-order valence-corrected chi connectivity index (χ2v) is 4.63. The smallest absolute Gasteiger partial charge is 0.321 e. The molecule has 1 fully saturated rings. The summed E-state index contributed by atoms with van der Waals surface area (Å²) in [6.07, 6.45) is -0.285.